The van der Waals surface area contributed by atoms with Crippen molar-refractivity contribution in [3.63, 3.8) is 0 Å². The van der Waals surface area contributed by atoms with Crippen molar-refractivity contribution in [2.75, 3.05) is 17.7 Å². The number of esters is 1. The zero-order valence-corrected chi connectivity index (χ0v) is 16.8. The summed E-state index contributed by atoms with van der Waals surface area (Å²) in [5.74, 6) is -1.97. The minimum atomic E-state index is -0.791. The molecule has 0 atom stereocenters. The van der Waals surface area contributed by atoms with Gasteiger partial charge in [0.2, 0.25) is 0 Å². The lowest BCUT2D eigenvalue weighted by atomic mass is 10.1. The summed E-state index contributed by atoms with van der Waals surface area (Å²) in [5, 5.41) is 6.15. The maximum atomic E-state index is 13.9. The molecular weight excluding hydrogens is 434 g/mol. The smallest absolute Gasteiger partial charge is 0.341 e. The SMILES string of the molecule is CCc1c(C)sc(NC(=S)Nc2c(F)cc(F)cc2Br)c1C(=O)OC. The summed E-state index contributed by atoms with van der Waals surface area (Å²) >= 11 is 9.63. The quantitative estimate of drug-likeness (QED) is 0.493. The van der Waals surface area contributed by atoms with Gasteiger partial charge in [-0.05, 0) is 53.1 Å². The number of benzene rings is 1. The van der Waals surface area contributed by atoms with Gasteiger partial charge in [0.1, 0.15) is 10.8 Å². The Morgan fingerprint density at radius 1 is 1.36 bits per heavy atom. The van der Waals surface area contributed by atoms with Crippen LogP contribution in [0.2, 0.25) is 0 Å². The van der Waals surface area contributed by atoms with Crippen molar-refractivity contribution < 1.29 is 18.3 Å². The van der Waals surface area contributed by atoms with Crippen LogP contribution in [0.4, 0.5) is 19.5 Å². The Hall–Kier alpha value is -1.58. The fourth-order valence-corrected chi connectivity index (χ4v) is 4.23. The van der Waals surface area contributed by atoms with Crippen molar-refractivity contribution in [3.05, 3.63) is 44.2 Å². The molecule has 1 heterocycles. The lowest BCUT2D eigenvalue weighted by molar-refractivity contribution is 0.0601. The summed E-state index contributed by atoms with van der Waals surface area (Å²) in [6.07, 6.45) is 0.659. The van der Waals surface area contributed by atoms with Crippen LogP contribution in [0.15, 0.2) is 16.6 Å². The van der Waals surface area contributed by atoms with Crippen molar-refractivity contribution in [1.29, 1.82) is 0 Å². The number of hydrogen-bond donors (Lipinski definition) is 2. The summed E-state index contributed by atoms with van der Waals surface area (Å²) in [5.41, 5.74) is 1.29. The first-order valence-corrected chi connectivity index (χ1v) is 9.23. The van der Waals surface area contributed by atoms with Gasteiger partial charge in [0, 0.05) is 15.4 Å². The third-order valence-corrected chi connectivity index (χ3v) is 5.32. The van der Waals surface area contributed by atoms with Gasteiger partial charge in [0.25, 0.3) is 0 Å². The monoisotopic (exact) mass is 448 g/mol. The maximum Gasteiger partial charge on any atom is 0.341 e. The number of halogens is 3. The molecule has 134 valence electrons. The molecule has 0 saturated carbocycles. The number of carbonyl (C=O) groups is 1. The minimum absolute atomic E-state index is 0.00233. The number of rotatable bonds is 4. The van der Waals surface area contributed by atoms with E-state index >= 15 is 0 Å². The van der Waals surface area contributed by atoms with Gasteiger partial charge in [-0.15, -0.1) is 11.3 Å². The molecule has 4 nitrogen and oxygen atoms in total. The molecule has 2 N–H and O–H groups in total. The second-order valence-electron chi connectivity index (χ2n) is 5.01. The molecule has 0 fully saturated rings. The summed E-state index contributed by atoms with van der Waals surface area (Å²) in [6, 6.07) is 1.87. The number of hydrogen-bond acceptors (Lipinski definition) is 4. The minimum Gasteiger partial charge on any atom is -0.465 e. The van der Waals surface area contributed by atoms with Crippen LogP contribution in [0, 0.1) is 18.6 Å². The van der Waals surface area contributed by atoms with E-state index < -0.39 is 17.6 Å². The lowest BCUT2D eigenvalue weighted by Crippen LogP contribution is -2.21. The van der Waals surface area contributed by atoms with E-state index in [4.69, 9.17) is 17.0 Å². The number of carbonyl (C=O) groups excluding carboxylic acids is 1. The first kappa shape index (κ1) is 19.7. The molecule has 0 unspecified atom stereocenters. The fourth-order valence-electron chi connectivity index (χ4n) is 2.32. The van der Waals surface area contributed by atoms with Gasteiger partial charge in [-0.3, -0.25) is 0 Å². The summed E-state index contributed by atoms with van der Waals surface area (Å²) < 4.78 is 32.1. The van der Waals surface area contributed by atoms with Crippen LogP contribution in [0.1, 0.15) is 27.7 Å². The third-order valence-electron chi connectivity index (χ3n) is 3.42. The van der Waals surface area contributed by atoms with Gasteiger partial charge in [-0.1, -0.05) is 6.92 Å². The Bertz CT molecular complexity index is 817. The van der Waals surface area contributed by atoms with Gasteiger partial charge in [0.15, 0.2) is 10.9 Å². The normalized spacial score (nSPS) is 10.5. The van der Waals surface area contributed by atoms with Crippen molar-refractivity contribution in [3.8, 4) is 0 Å². The summed E-state index contributed by atoms with van der Waals surface area (Å²) in [7, 11) is 1.31. The number of methoxy groups -OCH3 is 1. The molecule has 25 heavy (non-hydrogen) atoms. The average Bonchev–Trinajstić information content (AvgIpc) is 2.85. The highest BCUT2D eigenvalue weighted by Crippen LogP contribution is 2.34. The molecule has 0 saturated heterocycles. The number of nitrogens with one attached hydrogen (secondary N) is 2. The van der Waals surface area contributed by atoms with Gasteiger partial charge in [0.05, 0.1) is 18.4 Å². The molecule has 0 bridgehead atoms. The highest BCUT2D eigenvalue weighted by atomic mass is 79.9. The van der Waals surface area contributed by atoms with E-state index in [2.05, 4.69) is 26.6 Å². The van der Waals surface area contributed by atoms with Crippen LogP contribution in [0.25, 0.3) is 0 Å². The van der Waals surface area contributed by atoms with E-state index in [0.29, 0.717) is 17.0 Å². The molecule has 0 radical (unpaired) electrons. The number of anilines is 2. The highest BCUT2D eigenvalue weighted by Gasteiger charge is 2.22. The van der Waals surface area contributed by atoms with Crippen molar-refractivity contribution >= 4 is 61.3 Å². The predicted octanol–water partition coefficient (Wildman–Crippen LogP) is 5.26. The standard InChI is InChI=1S/C16H15BrF2N2O2S2/c1-4-9-7(2)25-14(12(9)15(22)23-3)21-16(24)20-13-10(17)5-8(18)6-11(13)19/h5-6H,4H2,1-3H3,(H2,20,21,24). The Balaban J connectivity index is 2.29. The largest absolute Gasteiger partial charge is 0.465 e. The topological polar surface area (TPSA) is 50.4 Å². The number of ether oxygens (including phenoxy) is 1. The summed E-state index contributed by atoms with van der Waals surface area (Å²) in [6.45, 7) is 3.83. The Labute approximate surface area is 161 Å². The molecule has 2 aromatic rings. The fraction of sp³-hybridized carbons (Fsp3) is 0.250. The molecule has 0 spiro atoms. The molecule has 1 aromatic heterocycles. The van der Waals surface area contributed by atoms with E-state index in [9.17, 15) is 13.6 Å². The number of thiophene rings is 1. The van der Waals surface area contributed by atoms with Gasteiger partial charge in [-0.25, -0.2) is 13.6 Å². The van der Waals surface area contributed by atoms with Gasteiger partial charge >= 0.3 is 5.97 Å². The highest BCUT2D eigenvalue weighted by molar-refractivity contribution is 9.10. The first-order valence-electron chi connectivity index (χ1n) is 7.21. The second kappa shape index (κ2) is 8.20. The molecule has 2 rings (SSSR count). The lowest BCUT2D eigenvalue weighted by Gasteiger charge is -2.13. The van der Waals surface area contributed by atoms with Crippen molar-refractivity contribution in [1.82, 2.24) is 0 Å². The van der Waals surface area contributed by atoms with Crippen LogP contribution < -0.4 is 10.6 Å². The maximum absolute atomic E-state index is 13.9. The Morgan fingerprint density at radius 2 is 2.04 bits per heavy atom. The molecule has 0 aliphatic rings. The Kier molecular flexibility index (Phi) is 6.47. The molecule has 0 aliphatic carbocycles. The zero-order chi connectivity index (χ0) is 18.7. The molecule has 0 aliphatic heterocycles. The van der Waals surface area contributed by atoms with E-state index in [1.54, 1.807) is 0 Å². The van der Waals surface area contributed by atoms with Crippen LogP contribution in [-0.2, 0) is 11.2 Å². The molecule has 0 amide bonds. The van der Waals surface area contributed by atoms with Crippen LogP contribution in [-0.4, -0.2) is 18.2 Å². The van der Waals surface area contributed by atoms with E-state index in [-0.39, 0.29) is 15.3 Å². The van der Waals surface area contributed by atoms with E-state index in [1.165, 1.54) is 18.4 Å². The van der Waals surface area contributed by atoms with E-state index in [1.807, 2.05) is 13.8 Å². The molecule has 1 aromatic carbocycles. The van der Waals surface area contributed by atoms with Crippen molar-refractivity contribution in [2.45, 2.75) is 20.3 Å². The van der Waals surface area contributed by atoms with E-state index in [0.717, 1.165) is 22.6 Å². The van der Waals surface area contributed by atoms with Gasteiger partial charge < -0.3 is 15.4 Å². The van der Waals surface area contributed by atoms with Crippen molar-refractivity contribution in [2.24, 2.45) is 0 Å². The number of thiocarbonyl (C=S) groups is 1. The Morgan fingerprint density at radius 3 is 2.60 bits per heavy atom. The molecular formula is C16H15BrF2N2O2S2. The second-order valence-corrected chi connectivity index (χ2v) is 7.50. The third kappa shape index (κ3) is 4.34. The zero-order valence-electron chi connectivity index (χ0n) is 13.6. The summed E-state index contributed by atoms with van der Waals surface area (Å²) in [4.78, 5) is 13.0. The van der Waals surface area contributed by atoms with Crippen LogP contribution >= 0.6 is 39.5 Å². The predicted molar refractivity (Wildman–Crippen MR) is 104 cm³/mol. The van der Waals surface area contributed by atoms with Crippen LogP contribution in [0.5, 0.6) is 0 Å². The molecule has 9 heteroatoms. The average molecular weight is 449 g/mol. The van der Waals surface area contributed by atoms with Crippen LogP contribution in [0.3, 0.4) is 0 Å². The van der Waals surface area contributed by atoms with Gasteiger partial charge in [-0.2, -0.15) is 0 Å². The number of aryl methyl sites for hydroxylation is 1. The first-order chi connectivity index (χ1) is 11.8.